The molecule has 1 N–H and O–H groups in total. The number of aryl methyl sites for hydroxylation is 1. The molecule has 0 saturated carbocycles. The van der Waals surface area contributed by atoms with Crippen molar-refractivity contribution in [1.82, 2.24) is 4.90 Å². The number of benzene rings is 1. The molecular formula is C16H23NO4. The van der Waals surface area contributed by atoms with Crippen molar-refractivity contribution in [3.05, 3.63) is 29.8 Å². The fraction of sp³-hybridized carbons (Fsp3) is 0.562. The Kier molecular flexibility index (Phi) is 5.59. The molecule has 2 unspecified atom stereocenters. The van der Waals surface area contributed by atoms with E-state index in [0.717, 1.165) is 11.3 Å². The van der Waals surface area contributed by atoms with Crippen molar-refractivity contribution in [2.24, 2.45) is 0 Å². The van der Waals surface area contributed by atoms with Crippen LogP contribution < -0.4 is 4.74 Å². The number of aliphatic hydroxyl groups is 1. The van der Waals surface area contributed by atoms with Crippen molar-refractivity contribution in [3.63, 3.8) is 0 Å². The van der Waals surface area contributed by atoms with Gasteiger partial charge in [-0.3, -0.25) is 4.79 Å². The lowest BCUT2D eigenvalue weighted by Gasteiger charge is -2.37. The summed E-state index contributed by atoms with van der Waals surface area (Å²) in [5, 5.41) is 9.14. The van der Waals surface area contributed by atoms with Crippen molar-refractivity contribution in [1.29, 1.82) is 0 Å². The third-order valence-corrected chi connectivity index (χ3v) is 3.60. The van der Waals surface area contributed by atoms with Crippen LogP contribution in [0, 0.1) is 6.92 Å². The minimum atomic E-state index is -0.275. The zero-order chi connectivity index (χ0) is 15.2. The van der Waals surface area contributed by atoms with Crippen LogP contribution in [0.1, 0.15) is 18.9 Å². The first-order valence-electron chi connectivity index (χ1n) is 7.31. The number of nitrogens with zero attached hydrogens (tertiary/aromatic N) is 1. The van der Waals surface area contributed by atoms with Gasteiger partial charge in [-0.25, -0.2) is 0 Å². The van der Waals surface area contributed by atoms with Gasteiger partial charge in [-0.15, -0.1) is 0 Å². The molecule has 5 heteroatoms. The van der Waals surface area contributed by atoms with Crippen LogP contribution in [0.4, 0.5) is 0 Å². The summed E-state index contributed by atoms with van der Waals surface area (Å²) >= 11 is 0. The minimum absolute atomic E-state index is 0.0388. The van der Waals surface area contributed by atoms with Gasteiger partial charge in [0.05, 0.1) is 38.4 Å². The quantitative estimate of drug-likeness (QED) is 0.891. The second kappa shape index (κ2) is 7.43. The van der Waals surface area contributed by atoms with E-state index in [1.165, 1.54) is 0 Å². The van der Waals surface area contributed by atoms with Gasteiger partial charge in [-0.2, -0.15) is 0 Å². The lowest BCUT2D eigenvalue weighted by atomic mass is 10.2. The van der Waals surface area contributed by atoms with Crippen LogP contribution in [0.25, 0.3) is 0 Å². The highest BCUT2D eigenvalue weighted by molar-refractivity contribution is 5.76. The summed E-state index contributed by atoms with van der Waals surface area (Å²) in [7, 11) is 0. The number of morpholine rings is 1. The maximum atomic E-state index is 12.2. The minimum Gasteiger partial charge on any atom is -0.493 e. The number of ether oxygens (including phenoxy) is 2. The summed E-state index contributed by atoms with van der Waals surface area (Å²) in [5.74, 6) is 0.822. The summed E-state index contributed by atoms with van der Waals surface area (Å²) < 4.78 is 11.0. The normalized spacial score (nSPS) is 22.1. The molecule has 116 valence electrons. The van der Waals surface area contributed by atoms with Crippen LogP contribution in [-0.4, -0.2) is 54.4 Å². The van der Waals surface area contributed by atoms with Gasteiger partial charge >= 0.3 is 0 Å². The molecule has 1 heterocycles. The monoisotopic (exact) mass is 293 g/mol. The summed E-state index contributed by atoms with van der Waals surface area (Å²) in [6.07, 6.45) is 0.0546. The molecule has 0 aromatic heterocycles. The van der Waals surface area contributed by atoms with Gasteiger partial charge in [-0.1, -0.05) is 12.1 Å². The summed E-state index contributed by atoms with van der Waals surface area (Å²) in [5.41, 5.74) is 1.13. The Labute approximate surface area is 125 Å². The first-order valence-corrected chi connectivity index (χ1v) is 7.31. The van der Waals surface area contributed by atoms with Crippen molar-refractivity contribution < 1.29 is 19.4 Å². The van der Waals surface area contributed by atoms with Crippen LogP contribution >= 0.6 is 0 Å². The molecule has 0 spiro atoms. The summed E-state index contributed by atoms with van der Waals surface area (Å²) in [6.45, 7) is 5.17. The molecule has 1 aromatic carbocycles. The number of aliphatic hydroxyl groups excluding tert-OH is 1. The first kappa shape index (κ1) is 15.8. The average Bonchev–Trinajstić information content (AvgIpc) is 2.47. The van der Waals surface area contributed by atoms with E-state index >= 15 is 0 Å². The molecule has 0 bridgehead atoms. The summed E-state index contributed by atoms with van der Waals surface area (Å²) in [6, 6.07) is 7.81. The van der Waals surface area contributed by atoms with Crippen molar-refractivity contribution in [3.8, 4) is 5.75 Å². The van der Waals surface area contributed by atoms with Gasteiger partial charge in [0.2, 0.25) is 5.91 Å². The molecule has 1 fully saturated rings. The lowest BCUT2D eigenvalue weighted by Crippen LogP contribution is -2.52. The van der Waals surface area contributed by atoms with Crippen LogP contribution in [0.15, 0.2) is 24.3 Å². The smallest absolute Gasteiger partial charge is 0.226 e. The topological polar surface area (TPSA) is 59.0 Å². The van der Waals surface area contributed by atoms with Crippen LogP contribution in [0.3, 0.4) is 0 Å². The second-order valence-corrected chi connectivity index (χ2v) is 5.45. The number of hydrogen-bond acceptors (Lipinski definition) is 4. The van der Waals surface area contributed by atoms with E-state index in [1.807, 2.05) is 38.1 Å². The number of carbonyl (C=O) groups excluding carboxylic acids is 1. The maximum Gasteiger partial charge on any atom is 0.226 e. The molecular weight excluding hydrogens is 270 g/mol. The van der Waals surface area contributed by atoms with Gasteiger partial charge in [0.15, 0.2) is 0 Å². The second-order valence-electron chi connectivity index (χ2n) is 5.45. The zero-order valence-corrected chi connectivity index (χ0v) is 12.6. The van der Waals surface area contributed by atoms with Crippen molar-refractivity contribution in [2.75, 3.05) is 26.4 Å². The molecule has 1 aliphatic rings. The predicted octanol–water partition coefficient (Wildman–Crippen LogP) is 1.37. The van der Waals surface area contributed by atoms with Crippen LogP contribution in [0.2, 0.25) is 0 Å². The van der Waals surface area contributed by atoms with E-state index in [9.17, 15) is 4.79 Å². The molecule has 1 aromatic rings. The van der Waals surface area contributed by atoms with Crippen LogP contribution in [-0.2, 0) is 9.53 Å². The molecule has 5 nitrogen and oxygen atoms in total. The SMILES string of the molecule is Cc1cccc(OCCC(=O)N2CC(CO)OCC2C)c1. The highest BCUT2D eigenvalue weighted by Crippen LogP contribution is 2.15. The Hall–Kier alpha value is -1.59. The Morgan fingerprint density at radius 2 is 2.33 bits per heavy atom. The fourth-order valence-corrected chi connectivity index (χ4v) is 2.38. The lowest BCUT2D eigenvalue weighted by molar-refractivity contribution is -0.146. The van der Waals surface area contributed by atoms with E-state index in [2.05, 4.69) is 0 Å². The van der Waals surface area contributed by atoms with Gasteiger partial charge in [0, 0.05) is 6.54 Å². The Bertz CT molecular complexity index is 477. The van der Waals surface area contributed by atoms with E-state index in [0.29, 0.717) is 26.2 Å². The number of hydrogen-bond donors (Lipinski definition) is 1. The molecule has 0 radical (unpaired) electrons. The Balaban J connectivity index is 1.81. The first-order chi connectivity index (χ1) is 10.1. The molecule has 21 heavy (non-hydrogen) atoms. The molecule has 0 aliphatic carbocycles. The van der Waals surface area contributed by atoms with E-state index in [-0.39, 0.29) is 24.7 Å². The number of rotatable bonds is 5. The Morgan fingerprint density at radius 3 is 3.05 bits per heavy atom. The van der Waals surface area contributed by atoms with Gasteiger partial charge in [0.25, 0.3) is 0 Å². The number of carbonyl (C=O) groups is 1. The van der Waals surface area contributed by atoms with Crippen molar-refractivity contribution in [2.45, 2.75) is 32.4 Å². The van der Waals surface area contributed by atoms with Crippen molar-refractivity contribution >= 4 is 5.91 Å². The largest absolute Gasteiger partial charge is 0.493 e. The van der Waals surface area contributed by atoms with E-state index in [4.69, 9.17) is 14.6 Å². The molecule has 2 atom stereocenters. The molecule has 1 saturated heterocycles. The van der Waals surface area contributed by atoms with E-state index in [1.54, 1.807) is 4.90 Å². The predicted molar refractivity (Wildman–Crippen MR) is 79.3 cm³/mol. The standard InChI is InChI=1S/C16H23NO4/c1-12-4-3-5-14(8-12)20-7-6-16(19)17-9-15(10-18)21-11-13(17)2/h3-5,8,13,15,18H,6-7,9-11H2,1-2H3. The van der Waals surface area contributed by atoms with Gasteiger partial charge in [0.1, 0.15) is 5.75 Å². The van der Waals surface area contributed by atoms with Crippen LogP contribution in [0.5, 0.6) is 5.75 Å². The molecule has 2 rings (SSSR count). The third-order valence-electron chi connectivity index (χ3n) is 3.60. The molecule has 1 aliphatic heterocycles. The molecule has 1 amide bonds. The average molecular weight is 293 g/mol. The highest BCUT2D eigenvalue weighted by atomic mass is 16.5. The van der Waals surface area contributed by atoms with Gasteiger partial charge < -0.3 is 19.5 Å². The fourth-order valence-electron chi connectivity index (χ4n) is 2.38. The van der Waals surface area contributed by atoms with E-state index < -0.39 is 0 Å². The van der Waals surface area contributed by atoms with Gasteiger partial charge in [-0.05, 0) is 31.5 Å². The maximum absolute atomic E-state index is 12.2. The Morgan fingerprint density at radius 1 is 1.52 bits per heavy atom. The zero-order valence-electron chi connectivity index (χ0n) is 12.6. The number of amides is 1. The highest BCUT2D eigenvalue weighted by Gasteiger charge is 2.28. The summed E-state index contributed by atoms with van der Waals surface area (Å²) in [4.78, 5) is 14.0. The third kappa shape index (κ3) is 4.44.